The van der Waals surface area contributed by atoms with E-state index >= 15 is 0 Å². The van der Waals surface area contributed by atoms with Crippen LogP contribution in [0.2, 0.25) is 5.02 Å². The lowest BCUT2D eigenvalue weighted by Gasteiger charge is -2.12. The van der Waals surface area contributed by atoms with Crippen LogP contribution in [0, 0.1) is 6.92 Å². The van der Waals surface area contributed by atoms with Crippen molar-refractivity contribution >= 4 is 22.6 Å². The fourth-order valence-corrected chi connectivity index (χ4v) is 3.48. The molecule has 4 heteroatoms. The fourth-order valence-electron chi connectivity index (χ4n) is 3.21. The molecule has 2 N–H and O–H groups in total. The SMILES string of the molecule is COc1ccc(Cl)c(-c2cc3cc(C(C)C)c(C)cc3o2)c1CN. The number of fused-ring (bicyclic) bond motifs is 1. The summed E-state index contributed by atoms with van der Waals surface area (Å²) in [5, 5.41) is 1.68. The molecular formula is C20H22ClNO2. The average Bonchev–Trinajstić information content (AvgIpc) is 2.95. The molecule has 0 saturated heterocycles. The van der Waals surface area contributed by atoms with Gasteiger partial charge in [0, 0.05) is 23.1 Å². The van der Waals surface area contributed by atoms with E-state index in [0.717, 1.165) is 33.6 Å². The number of rotatable bonds is 4. The number of ether oxygens (including phenoxy) is 1. The molecule has 0 saturated carbocycles. The van der Waals surface area contributed by atoms with Crippen LogP contribution in [-0.4, -0.2) is 7.11 Å². The first-order valence-electron chi connectivity index (χ1n) is 8.06. The van der Waals surface area contributed by atoms with E-state index in [4.69, 9.17) is 26.5 Å². The van der Waals surface area contributed by atoms with Crippen LogP contribution >= 0.6 is 11.6 Å². The van der Waals surface area contributed by atoms with Crippen molar-refractivity contribution in [3.05, 3.63) is 52.0 Å². The summed E-state index contributed by atoms with van der Waals surface area (Å²) in [5.74, 6) is 1.90. The van der Waals surface area contributed by atoms with Gasteiger partial charge >= 0.3 is 0 Å². The normalized spacial score (nSPS) is 11.5. The van der Waals surface area contributed by atoms with E-state index in [0.29, 0.717) is 17.5 Å². The molecule has 1 heterocycles. The van der Waals surface area contributed by atoms with Crippen LogP contribution in [0.15, 0.2) is 34.7 Å². The lowest BCUT2D eigenvalue weighted by Crippen LogP contribution is -2.02. The van der Waals surface area contributed by atoms with E-state index in [1.165, 1.54) is 11.1 Å². The summed E-state index contributed by atoms with van der Waals surface area (Å²) in [4.78, 5) is 0. The van der Waals surface area contributed by atoms with Crippen LogP contribution in [0.3, 0.4) is 0 Å². The second-order valence-corrected chi connectivity index (χ2v) is 6.73. The molecule has 2 aromatic carbocycles. The van der Waals surface area contributed by atoms with Crippen molar-refractivity contribution in [3.8, 4) is 17.1 Å². The third kappa shape index (κ3) is 2.79. The molecule has 0 amide bonds. The Labute approximate surface area is 147 Å². The van der Waals surface area contributed by atoms with Crippen LogP contribution in [0.1, 0.15) is 36.5 Å². The Kier molecular flexibility index (Phi) is 4.57. The standard InChI is InChI=1S/C20H22ClNO2/c1-11(2)14-8-13-9-19(24-18(13)7-12(14)3)20-15(10-22)17(23-4)6-5-16(20)21/h5-9,11H,10,22H2,1-4H3. The molecule has 1 aromatic heterocycles. The van der Waals surface area contributed by atoms with Crippen LogP contribution in [0.25, 0.3) is 22.3 Å². The first kappa shape index (κ1) is 16.9. The van der Waals surface area contributed by atoms with Crippen molar-refractivity contribution in [1.82, 2.24) is 0 Å². The molecule has 24 heavy (non-hydrogen) atoms. The zero-order valence-electron chi connectivity index (χ0n) is 14.4. The molecule has 0 radical (unpaired) electrons. The molecule has 0 spiro atoms. The highest BCUT2D eigenvalue weighted by Gasteiger charge is 2.18. The summed E-state index contributed by atoms with van der Waals surface area (Å²) >= 11 is 6.44. The number of aryl methyl sites for hydroxylation is 1. The minimum atomic E-state index is 0.326. The van der Waals surface area contributed by atoms with Crippen molar-refractivity contribution in [2.45, 2.75) is 33.2 Å². The van der Waals surface area contributed by atoms with Crippen LogP contribution in [0.5, 0.6) is 5.75 Å². The van der Waals surface area contributed by atoms with Gasteiger partial charge in [-0.25, -0.2) is 0 Å². The molecule has 0 aliphatic rings. The Bertz CT molecular complexity index is 896. The lowest BCUT2D eigenvalue weighted by atomic mass is 9.96. The predicted molar refractivity (Wildman–Crippen MR) is 99.9 cm³/mol. The first-order valence-corrected chi connectivity index (χ1v) is 8.44. The zero-order chi connectivity index (χ0) is 17.4. The van der Waals surface area contributed by atoms with Gasteiger partial charge in [0.2, 0.25) is 0 Å². The van der Waals surface area contributed by atoms with Gasteiger partial charge in [-0.3, -0.25) is 0 Å². The van der Waals surface area contributed by atoms with E-state index in [2.05, 4.69) is 32.9 Å². The molecule has 0 atom stereocenters. The molecule has 3 rings (SSSR count). The monoisotopic (exact) mass is 343 g/mol. The third-order valence-corrected chi connectivity index (χ3v) is 4.73. The molecule has 0 bridgehead atoms. The zero-order valence-corrected chi connectivity index (χ0v) is 15.2. The quantitative estimate of drug-likeness (QED) is 0.665. The van der Waals surface area contributed by atoms with Gasteiger partial charge in [-0.15, -0.1) is 0 Å². The highest BCUT2D eigenvalue weighted by atomic mass is 35.5. The Morgan fingerprint density at radius 3 is 2.58 bits per heavy atom. The number of halogens is 1. The Morgan fingerprint density at radius 2 is 1.96 bits per heavy atom. The molecule has 3 nitrogen and oxygen atoms in total. The van der Waals surface area contributed by atoms with Crippen molar-refractivity contribution in [1.29, 1.82) is 0 Å². The van der Waals surface area contributed by atoms with Crippen molar-refractivity contribution in [3.63, 3.8) is 0 Å². The second-order valence-electron chi connectivity index (χ2n) is 6.32. The molecular weight excluding hydrogens is 322 g/mol. The summed E-state index contributed by atoms with van der Waals surface area (Å²) in [6, 6.07) is 9.95. The van der Waals surface area contributed by atoms with E-state index in [1.54, 1.807) is 7.11 Å². The first-order chi connectivity index (χ1) is 11.5. The van der Waals surface area contributed by atoms with Gasteiger partial charge in [-0.05, 0) is 54.3 Å². The summed E-state index contributed by atoms with van der Waals surface area (Å²) < 4.78 is 11.5. The van der Waals surface area contributed by atoms with Gasteiger partial charge in [-0.1, -0.05) is 25.4 Å². The van der Waals surface area contributed by atoms with E-state index in [9.17, 15) is 0 Å². The Balaban J connectivity index is 2.24. The maximum Gasteiger partial charge on any atom is 0.137 e. The van der Waals surface area contributed by atoms with Gasteiger partial charge < -0.3 is 14.9 Å². The van der Waals surface area contributed by atoms with Crippen LogP contribution < -0.4 is 10.5 Å². The number of furan rings is 1. The van der Waals surface area contributed by atoms with Crippen molar-refractivity contribution < 1.29 is 9.15 Å². The van der Waals surface area contributed by atoms with Crippen LogP contribution in [0.4, 0.5) is 0 Å². The van der Waals surface area contributed by atoms with Gasteiger partial charge in [-0.2, -0.15) is 0 Å². The van der Waals surface area contributed by atoms with Gasteiger partial charge in [0.05, 0.1) is 12.1 Å². The van der Waals surface area contributed by atoms with Crippen molar-refractivity contribution in [2.75, 3.05) is 7.11 Å². The maximum absolute atomic E-state index is 6.44. The number of nitrogens with two attached hydrogens (primary N) is 1. The van der Waals surface area contributed by atoms with E-state index in [1.807, 2.05) is 18.2 Å². The largest absolute Gasteiger partial charge is 0.496 e. The molecule has 0 fully saturated rings. The minimum absolute atomic E-state index is 0.326. The number of methoxy groups -OCH3 is 1. The number of hydrogen-bond donors (Lipinski definition) is 1. The number of hydrogen-bond acceptors (Lipinski definition) is 3. The van der Waals surface area contributed by atoms with Gasteiger partial charge in [0.1, 0.15) is 17.1 Å². The highest BCUT2D eigenvalue weighted by molar-refractivity contribution is 6.33. The smallest absolute Gasteiger partial charge is 0.137 e. The lowest BCUT2D eigenvalue weighted by molar-refractivity contribution is 0.410. The Morgan fingerprint density at radius 1 is 1.21 bits per heavy atom. The predicted octanol–water partition coefficient (Wildman–Crippen LogP) is 5.65. The minimum Gasteiger partial charge on any atom is -0.496 e. The summed E-state index contributed by atoms with van der Waals surface area (Å²) in [7, 11) is 1.63. The molecule has 3 aromatic rings. The summed E-state index contributed by atoms with van der Waals surface area (Å²) in [6.45, 7) is 6.83. The third-order valence-electron chi connectivity index (χ3n) is 4.42. The summed E-state index contributed by atoms with van der Waals surface area (Å²) in [6.07, 6.45) is 0. The molecule has 0 aliphatic heterocycles. The number of benzene rings is 2. The average molecular weight is 344 g/mol. The van der Waals surface area contributed by atoms with Crippen molar-refractivity contribution in [2.24, 2.45) is 5.73 Å². The summed E-state index contributed by atoms with van der Waals surface area (Å²) in [5.41, 5.74) is 11.0. The van der Waals surface area contributed by atoms with Gasteiger partial charge in [0.15, 0.2) is 0 Å². The van der Waals surface area contributed by atoms with Gasteiger partial charge in [0.25, 0.3) is 0 Å². The Hall–Kier alpha value is -1.97. The molecule has 126 valence electrons. The molecule has 0 unspecified atom stereocenters. The van der Waals surface area contributed by atoms with E-state index in [-0.39, 0.29) is 0 Å². The topological polar surface area (TPSA) is 48.4 Å². The molecule has 0 aliphatic carbocycles. The van der Waals surface area contributed by atoms with Crippen LogP contribution in [-0.2, 0) is 6.54 Å². The fraction of sp³-hybridized carbons (Fsp3) is 0.300. The highest BCUT2D eigenvalue weighted by Crippen LogP contribution is 2.40. The van der Waals surface area contributed by atoms with E-state index < -0.39 is 0 Å². The second kappa shape index (κ2) is 6.50. The maximum atomic E-state index is 6.44.